The molecular formula is C21H33F3N6O4. The molecule has 1 heterocycles. The van der Waals surface area contributed by atoms with Crippen molar-refractivity contribution >= 4 is 17.8 Å². The van der Waals surface area contributed by atoms with Crippen LogP contribution in [-0.2, 0) is 4.74 Å². The van der Waals surface area contributed by atoms with Crippen molar-refractivity contribution in [1.29, 1.82) is 0 Å². The van der Waals surface area contributed by atoms with Gasteiger partial charge in [-0.25, -0.2) is 9.59 Å². The summed E-state index contributed by atoms with van der Waals surface area (Å²) in [7, 11) is 1.66. The molecule has 3 unspecified atom stereocenters. The van der Waals surface area contributed by atoms with Gasteiger partial charge in [-0.3, -0.25) is 16.0 Å². The first-order chi connectivity index (χ1) is 15.7. The molecule has 1 aliphatic heterocycles. The van der Waals surface area contributed by atoms with E-state index in [4.69, 9.17) is 4.74 Å². The summed E-state index contributed by atoms with van der Waals surface area (Å²) in [4.78, 5) is 25.8. The molecule has 0 spiro atoms. The number of hydrogen-bond acceptors (Lipinski definition) is 7. The van der Waals surface area contributed by atoms with Gasteiger partial charge in [0.05, 0.1) is 6.17 Å². The van der Waals surface area contributed by atoms with Crippen LogP contribution in [0.5, 0.6) is 5.75 Å². The van der Waals surface area contributed by atoms with Crippen LogP contribution in [0.1, 0.15) is 34.1 Å². The van der Waals surface area contributed by atoms with E-state index in [1.807, 2.05) is 6.92 Å². The Hall–Kier alpha value is -2.77. The van der Waals surface area contributed by atoms with Crippen LogP contribution in [0.15, 0.2) is 24.3 Å². The molecular weight excluding hydrogens is 457 g/mol. The summed E-state index contributed by atoms with van der Waals surface area (Å²) in [6.07, 6.45) is -5.14. The van der Waals surface area contributed by atoms with E-state index < -0.39 is 30.4 Å². The van der Waals surface area contributed by atoms with E-state index in [0.717, 1.165) is 18.6 Å². The summed E-state index contributed by atoms with van der Waals surface area (Å²) in [5.74, 6) is -0.380. The first-order valence-corrected chi connectivity index (χ1v) is 10.8. The average molecular weight is 491 g/mol. The summed E-state index contributed by atoms with van der Waals surface area (Å²) in [6, 6.07) is 4.35. The largest absolute Gasteiger partial charge is 0.573 e. The fourth-order valence-electron chi connectivity index (χ4n) is 3.12. The number of carbonyl (C=O) groups excluding carboxylic acids is 2. The van der Waals surface area contributed by atoms with Gasteiger partial charge >= 0.3 is 18.5 Å². The predicted octanol–water partition coefficient (Wildman–Crippen LogP) is 2.74. The van der Waals surface area contributed by atoms with Crippen LogP contribution in [0.3, 0.4) is 0 Å². The van der Waals surface area contributed by atoms with Crippen LogP contribution in [0.2, 0.25) is 0 Å². The Morgan fingerprint density at radius 2 is 1.79 bits per heavy atom. The number of nitrogens with one attached hydrogen (secondary N) is 5. The molecule has 2 rings (SSSR count). The van der Waals surface area contributed by atoms with Gasteiger partial charge in [0.1, 0.15) is 17.6 Å². The van der Waals surface area contributed by atoms with Gasteiger partial charge in [-0.05, 0) is 58.4 Å². The zero-order chi connectivity index (χ0) is 25.5. The zero-order valence-corrected chi connectivity index (χ0v) is 19.9. The SMILES string of the molecule is CC1CC(NCCN(C)C(=O)OC(C)(C)C)NC(NC(=O)Nc2ccc(OC(F)(F)F)cc2)N1. The number of carbonyl (C=O) groups is 2. The second-order valence-corrected chi connectivity index (χ2v) is 8.98. The third kappa shape index (κ3) is 10.4. The highest BCUT2D eigenvalue weighted by molar-refractivity contribution is 5.89. The summed E-state index contributed by atoms with van der Waals surface area (Å²) in [5.41, 5.74) is -0.265. The number of nitrogens with zero attached hydrogens (tertiary/aromatic N) is 1. The van der Waals surface area contributed by atoms with Gasteiger partial charge in [-0.1, -0.05) is 0 Å². The van der Waals surface area contributed by atoms with E-state index in [-0.39, 0.29) is 18.0 Å². The zero-order valence-electron chi connectivity index (χ0n) is 19.9. The normalized spacial score (nSPS) is 20.9. The van der Waals surface area contributed by atoms with Gasteiger partial charge in [-0.2, -0.15) is 0 Å². The van der Waals surface area contributed by atoms with E-state index in [1.165, 1.54) is 17.0 Å². The molecule has 1 aromatic rings. The molecule has 0 aromatic heterocycles. The van der Waals surface area contributed by atoms with Crippen molar-refractivity contribution in [2.24, 2.45) is 0 Å². The molecule has 0 saturated carbocycles. The molecule has 192 valence electrons. The lowest BCUT2D eigenvalue weighted by atomic mass is 10.1. The number of alkyl halides is 3. The quantitative estimate of drug-likeness (QED) is 0.399. The third-order valence-corrected chi connectivity index (χ3v) is 4.57. The molecule has 3 atom stereocenters. The van der Waals surface area contributed by atoms with E-state index in [2.05, 4.69) is 31.3 Å². The Labute approximate surface area is 196 Å². The minimum Gasteiger partial charge on any atom is -0.444 e. The molecule has 5 N–H and O–H groups in total. The first-order valence-electron chi connectivity index (χ1n) is 10.8. The number of likely N-dealkylation sites (N-methyl/N-ethyl adjacent to an activating group) is 1. The maximum absolute atomic E-state index is 12.3. The highest BCUT2D eigenvalue weighted by atomic mass is 19.4. The standard InChI is InChI=1S/C21H33F3N6O4/c1-13-12-16(25-10-11-30(5)19(32)34-20(2,3)4)28-17(26-13)29-18(31)27-14-6-8-15(9-7-14)33-21(22,23)24/h6-9,13,16-17,25-26,28H,10-12H2,1-5H3,(H2,27,29,31). The lowest BCUT2D eigenvalue weighted by Gasteiger charge is -2.37. The average Bonchev–Trinajstić information content (AvgIpc) is 2.66. The van der Waals surface area contributed by atoms with Crippen LogP contribution in [-0.4, -0.2) is 67.6 Å². The summed E-state index contributed by atoms with van der Waals surface area (Å²) in [5, 5.41) is 15.0. The van der Waals surface area contributed by atoms with Crippen LogP contribution in [0, 0.1) is 0 Å². The summed E-state index contributed by atoms with van der Waals surface area (Å²) >= 11 is 0. The smallest absolute Gasteiger partial charge is 0.444 e. The number of rotatable bonds is 7. The topological polar surface area (TPSA) is 116 Å². The number of halogens is 3. The molecule has 13 heteroatoms. The van der Waals surface area contributed by atoms with E-state index in [0.29, 0.717) is 18.8 Å². The Kier molecular flexibility index (Phi) is 9.36. The van der Waals surface area contributed by atoms with E-state index in [9.17, 15) is 22.8 Å². The maximum Gasteiger partial charge on any atom is 0.573 e. The molecule has 0 bridgehead atoms. The predicted molar refractivity (Wildman–Crippen MR) is 120 cm³/mol. The molecule has 1 aromatic carbocycles. The van der Waals surface area contributed by atoms with Crippen LogP contribution in [0.4, 0.5) is 28.4 Å². The highest BCUT2D eigenvalue weighted by Gasteiger charge is 2.31. The second-order valence-electron chi connectivity index (χ2n) is 8.98. The number of urea groups is 1. The fraction of sp³-hybridized carbons (Fsp3) is 0.619. The van der Waals surface area contributed by atoms with Crippen molar-refractivity contribution in [3.63, 3.8) is 0 Å². The highest BCUT2D eigenvalue weighted by Crippen LogP contribution is 2.23. The van der Waals surface area contributed by atoms with E-state index >= 15 is 0 Å². The van der Waals surface area contributed by atoms with Crippen LogP contribution >= 0.6 is 0 Å². The molecule has 10 nitrogen and oxygen atoms in total. The van der Waals surface area contributed by atoms with Gasteiger partial charge < -0.3 is 25.0 Å². The molecule has 1 saturated heterocycles. The van der Waals surface area contributed by atoms with Gasteiger partial charge in [0.2, 0.25) is 0 Å². The Morgan fingerprint density at radius 3 is 2.38 bits per heavy atom. The monoisotopic (exact) mass is 490 g/mol. The Balaban J connectivity index is 1.77. The molecule has 1 fully saturated rings. The minimum absolute atomic E-state index is 0.0754. The summed E-state index contributed by atoms with van der Waals surface area (Å²) in [6.45, 7) is 8.31. The fourth-order valence-corrected chi connectivity index (χ4v) is 3.12. The first kappa shape index (κ1) is 27.5. The minimum atomic E-state index is -4.78. The maximum atomic E-state index is 12.3. The number of benzene rings is 1. The summed E-state index contributed by atoms with van der Waals surface area (Å²) < 4.78 is 45.9. The molecule has 1 aliphatic rings. The Morgan fingerprint density at radius 1 is 1.15 bits per heavy atom. The third-order valence-electron chi connectivity index (χ3n) is 4.57. The van der Waals surface area contributed by atoms with Gasteiger partial charge in [0, 0.05) is 31.9 Å². The Bertz CT molecular complexity index is 816. The van der Waals surface area contributed by atoms with Crippen molar-refractivity contribution in [3.05, 3.63) is 24.3 Å². The lowest BCUT2D eigenvalue weighted by molar-refractivity contribution is -0.274. The van der Waals surface area contributed by atoms with Crippen molar-refractivity contribution < 1.29 is 32.2 Å². The van der Waals surface area contributed by atoms with E-state index in [1.54, 1.807) is 27.8 Å². The molecule has 3 amide bonds. The second kappa shape index (κ2) is 11.6. The molecule has 0 aliphatic carbocycles. The molecule has 34 heavy (non-hydrogen) atoms. The van der Waals surface area contributed by atoms with Crippen LogP contribution < -0.4 is 31.3 Å². The number of anilines is 1. The van der Waals surface area contributed by atoms with Crippen molar-refractivity contribution in [1.82, 2.24) is 26.2 Å². The number of hydrogen-bond donors (Lipinski definition) is 5. The van der Waals surface area contributed by atoms with Gasteiger partial charge in [-0.15, -0.1) is 13.2 Å². The molecule has 0 radical (unpaired) electrons. The lowest BCUT2D eigenvalue weighted by Crippen LogP contribution is -2.68. The van der Waals surface area contributed by atoms with Gasteiger partial charge in [0.25, 0.3) is 0 Å². The van der Waals surface area contributed by atoms with Crippen molar-refractivity contribution in [2.75, 3.05) is 25.5 Å². The number of ether oxygens (including phenoxy) is 2. The van der Waals surface area contributed by atoms with Crippen molar-refractivity contribution in [3.8, 4) is 5.75 Å². The van der Waals surface area contributed by atoms with Crippen LogP contribution in [0.25, 0.3) is 0 Å². The number of amides is 3. The van der Waals surface area contributed by atoms with Crippen molar-refractivity contribution in [2.45, 2.75) is 64.6 Å². The van der Waals surface area contributed by atoms with Gasteiger partial charge in [0.15, 0.2) is 0 Å².